The summed E-state index contributed by atoms with van der Waals surface area (Å²) >= 11 is 0. The van der Waals surface area contributed by atoms with Gasteiger partial charge in [-0.3, -0.25) is 9.10 Å². The summed E-state index contributed by atoms with van der Waals surface area (Å²) in [5, 5.41) is 2.67. The van der Waals surface area contributed by atoms with Crippen molar-refractivity contribution in [2.75, 3.05) is 29.0 Å². The summed E-state index contributed by atoms with van der Waals surface area (Å²) in [6.07, 6.45) is 1.05. The third kappa shape index (κ3) is 5.67. The number of nitrogens with one attached hydrogen (secondary N) is 1. The Morgan fingerprint density at radius 1 is 0.938 bits per heavy atom. The first-order chi connectivity index (χ1) is 14.8. The van der Waals surface area contributed by atoms with Crippen LogP contribution >= 0.6 is 0 Å². The van der Waals surface area contributed by atoms with Crippen LogP contribution in [-0.2, 0) is 24.8 Å². The Morgan fingerprint density at radius 3 is 1.97 bits per heavy atom. The van der Waals surface area contributed by atoms with Crippen LogP contribution in [0.25, 0.3) is 0 Å². The van der Waals surface area contributed by atoms with Crippen molar-refractivity contribution >= 4 is 37.3 Å². The highest BCUT2D eigenvalue weighted by molar-refractivity contribution is 7.92. The molecule has 0 aliphatic carbocycles. The average Bonchev–Trinajstić information content (AvgIpc) is 2.70. The minimum atomic E-state index is -3.74. The second kappa shape index (κ2) is 10.0. The lowest BCUT2D eigenvalue weighted by atomic mass is 10.1. The van der Waals surface area contributed by atoms with E-state index in [1.165, 1.54) is 35.5 Å². The number of carbonyl (C=O) groups is 1. The van der Waals surface area contributed by atoms with Gasteiger partial charge in [-0.15, -0.1) is 0 Å². The van der Waals surface area contributed by atoms with Gasteiger partial charge >= 0.3 is 0 Å². The first kappa shape index (κ1) is 25.8. The molecular weight excluding hydrogens is 450 g/mol. The maximum absolute atomic E-state index is 12.9. The Hall–Kier alpha value is -2.43. The lowest BCUT2D eigenvalue weighted by molar-refractivity contribution is -0.116. The number of carbonyl (C=O) groups excluding carboxylic acids is 1. The molecule has 0 saturated heterocycles. The predicted molar refractivity (Wildman–Crippen MR) is 128 cm³/mol. The smallest absolute Gasteiger partial charge is 0.247 e. The first-order valence-corrected chi connectivity index (χ1v) is 13.6. The molecule has 176 valence electrons. The lowest BCUT2D eigenvalue weighted by Gasteiger charge is -2.28. The van der Waals surface area contributed by atoms with Gasteiger partial charge in [0.25, 0.3) is 0 Å². The second-order valence-corrected chi connectivity index (χ2v) is 11.4. The minimum absolute atomic E-state index is 0.125. The van der Waals surface area contributed by atoms with E-state index in [9.17, 15) is 21.6 Å². The highest BCUT2D eigenvalue weighted by atomic mass is 32.2. The molecule has 0 unspecified atom stereocenters. The van der Waals surface area contributed by atoms with Gasteiger partial charge in [-0.25, -0.2) is 16.8 Å². The fraction of sp³-hybridized carbons (Fsp3) is 0.409. The van der Waals surface area contributed by atoms with Crippen LogP contribution in [0.5, 0.6) is 0 Å². The minimum Gasteiger partial charge on any atom is -0.324 e. The van der Waals surface area contributed by atoms with Crippen LogP contribution in [-0.4, -0.2) is 52.4 Å². The fourth-order valence-corrected chi connectivity index (χ4v) is 5.97. The summed E-state index contributed by atoms with van der Waals surface area (Å²) < 4.78 is 52.6. The molecule has 2 rings (SSSR count). The van der Waals surface area contributed by atoms with Crippen LogP contribution in [0.1, 0.15) is 31.9 Å². The molecule has 0 spiro atoms. The molecule has 10 heteroatoms. The van der Waals surface area contributed by atoms with Crippen molar-refractivity contribution in [2.45, 2.75) is 45.6 Å². The van der Waals surface area contributed by atoms with Crippen LogP contribution < -0.4 is 9.62 Å². The van der Waals surface area contributed by atoms with E-state index < -0.39 is 32.0 Å². The summed E-state index contributed by atoms with van der Waals surface area (Å²) in [7, 11) is -7.34. The number of hydrogen-bond acceptors (Lipinski definition) is 5. The van der Waals surface area contributed by atoms with E-state index in [-0.39, 0.29) is 4.90 Å². The van der Waals surface area contributed by atoms with Crippen LogP contribution in [0.3, 0.4) is 0 Å². The number of benzene rings is 2. The van der Waals surface area contributed by atoms with Crippen molar-refractivity contribution in [3.63, 3.8) is 0 Å². The zero-order valence-corrected chi connectivity index (χ0v) is 20.9. The van der Waals surface area contributed by atoms with E-state index >= 15 is 0 Å². The molecule has 0 aliphatic rings. The molecule has 0 bridgehead atoms. The SMILES string of the molecule is CCN(CC)S(=O)(=O)c1ccc(NC(=O)[C@@H](C)N(c2ccc(C)c(C)c2)S(C)(=O)=O)cc1. The normalized spacial score (nSPS) is 13.1. The molecule has 0 saturated carbocycles. The molecule has 0 radical (unpaired) electrons. The predicted octanol–water partition coefficient (Wildman–Crippen LogP) is 3.13. The summed E-state index contributed by atoms with van der Waals surface area (Å²) in [6.45, 7) is 9.54. The Balaban J connectivity index is 2.27. The molecule has 2 aromatic carbocycles. The Kier molecular flexibility index (Phi) is 8.08. The number of anilines is 2. The average molecular weight is 482 g/mol. The number of aryl methyl sites for hydroxylation is 2. The van der Waals surface area contributed by atoms with Gasteiger partial charge in [0.05, 0.1) is 16.8 Å². The van der Waals surface area contributed by atoms with Gasteiger partial charge < -0.3 is 5.32 Å². The molecule has 1 atom stereocenters. The molecule has 8 nitrogen and oxygen atoms in total. The third-order valence-corrected chi connectivity index (χ3v) is 8.60. The van der Waals surface area contributed by atoms with E-state index in [1.807, 2.05) is 19.9 Å². The largest absolute Gasteiger partial charge is 0.324 e. The monoisotopic (exact) mass is 481 g/mol. The summed E-state index contributed by atoms with van der Waals surface area (Å²) in [5.41, 5.74) is 2.70. The van der Waals surface area contributed by atoms with Gasteiger partial charge in [-0.1, -0.05) is 19.9 Å². The maximum atomic E-state index is 12.9. The van der Waals surface area contributed by atoms with Crippen LogP contribution in [0.4, 0.5) is 11.4 Å². The molecule has 0 fully saturated rings. The van der Waals surface area contributed by atoms with Crippen LogP contribution in [0.15, 0.2) is 47.4 Å². The van der Waals surface area contributed by atoms with Crippen molar-refractivity contribution in [2.24, 2.45) is 0 Å². The van der Waals surface area contributed by atoms with Crippen LogP contribution in [0.2, 0.25) is 0 Å². The third-order valence-electron chi connectivity index (χ3n) is 5.30. The topological polar surface area (TPSA) is 104 Å². The molecule has 0 aromatic heterocycles. The van der Waals surface area contributed by atoms with Gasteiger partial charge in [0, 0.05) is 18.8 Å². The van der Waals surface area contributed by atoms with Crippen molar-refractivity contribution < 1.29 is 21.6 Å². The Morgan fingerprint density at radius 2 is 1.50 bits per heavy atom. The Bertz CT molecular complexity index is 1170. The van der Waals surface area contributed by atoms with Gasteiger partial charge in [0.1, 0.15) is 6.04 Å². The van der Waals surface area contributed by atoms with Crippen LogP contribution in [0, 0.1) is 13.8 Å². The summed E-state index contributed by atoms with van der Waals surface area (Å²) in [4.78, 5) is 13.0. The number of nitrogens with zero attached hydrogens (tertiary/aromatic N) is 2. The van der Waals surface area contributed by atoms with E-state index in [2.05, 4.69) is 5.32 Å². The summed E-state index contributed by atoms with van der Waals surface area (Å²) in [6, 6.07) is 10.0. The van der Waals surface area contributed by atoms with Crippen molar-refractivity contribution in [3.8, 4) is 0 Å². The number of rotatable bonds is 9. The number of hydrogen-bond donors (Lipinski definition) is 1. The first-order valence-electron chi connectivity index (χ1n) is 10.3. The number of sulfonamides is 2. The van der Waals surface area contributed by atoms with E-state index in [0.717, 1.165) is 21.7 Å². The summed E-state index contributed by atoms with van der Waals surface area (Å²) in [5.74, 6) is -0.534. The Labute approximate surface area is 191 Å². The van der Waals surface area contributed by atoms with E-state index in [4.69, 9.17) is 0 Å². The second-order valence-electron chi connectivity index (χ2n) is 7.61. The van der Waals surface area contributed by atoms with Gasteiger partial charge in [0.2, 0.25) is 26.0 Å². The standard InChI is InChI=1S/C22H31N3O5S2/c1-7-24(8-2)32(29,30)21-13-10-19(11-14-21)23-22(26)18(5)25(31(6,27)28)20-12-9-16(3)17(4)15-20/h9-15,18H,7-8H2,1-6H3,(H,23,26)/t18-/m1/s1. The maximum Gasteiger partial charge on any atom is 0.247 e. The molecule has 0 heterocycles. The van der Waals surface area contributed by atoms with Crippen molar-refractivity contribution in [1.82, 2.24) is 4.31 Å². The van der Waals surface area contributed by atoms with Gasteiger partial charge in [0.15, 0.2) is 0 Å². The molecule has 32 heavy (non-hydrogen) atoms. The fourth-order valence-electron chi connectivity index (χ4n) is 3.34. The number of amides is 1. The lowest BCUT2D eigenvalue weighted by Crippen LogP contribution is -2.45. The van der Waals surface area contributed by atoms with Gasteiger partial charge in [-0.05, 0) is 68.3 Å². The molecule has 1 N–H and O–H groups in total. The molecule has 2 aromatic rings. The van der Waals surface area contributed by atoms with Gasteiger partial charge in [-0.2, -0.15) is 4.31 Å². The molecular formula is C22H31N3O5S2. The van der Waals surface area contributed by atoms with Crippen molar-refractivity contribution in [1.29, 1.82) is 0 Å². The highest BCUT2D eigenvalue weighted by Crippen LogP contribution is 2.25. The van der Waals surface area contributed by atoms with E-state index in [1.54, 1.807) is 26.0 Å². The van der Waals surface area contributed by atoms with Crippen molar-refractivity contribution in [3.05, 3.63) is 53.6 Å². The van der Waals surface area contributed by atoms with E-state index in [0.29, 0.717) is 24.5 Å². The quantitative estimate of drug-likeness (QED) is 0.593. The molecule has 1 amide bonds. The molecule has 0 aliphatic heterocycles. The zero-order chi connectivity index (χ0) is 24.3. The highest BCUT2D eigenvalue weighted by Gasteiger charge is 2.29. The zero-order valence-electron chi connectivity index (χ0n) is 19.3.